The Morgan fingerprint density at radius 3 is 3.04 bits per heavy atom. The fourth-order valence-electron chi connectivity index (χ4n) is 3.33. The number of nitrogens with one attached hydrogen (secondary N) is 1. The molecule has 2 saturated heterocycles. The second-order valence-electron chi connectivity index (χ2n) is 6.20. The number of carbonyl (C=O) groups is 1. The summed E-state index contributed by atoms with van der Waals surface area (Å²) in [5, 5.41) is 0. The predicted molar refractivity (Wildman–Crippen MR) is 84.3 cm³/mol. The van der Waals surface area contributed by atoms with Crippen LogP contribution in [0.25, 0.3) is 0 Å². The number of sulfonamides is 1. The zero-order chi connectivity index (χ0) is 16.4. The number of nitrogens with zero attached hydrogens (tertiary/aromatic N) is 2. The highest BCUT2D eigenvalue weighted by Crippen LogP contribution is 2.34. The SMILES string of the molecule is CS(=O)(=O)NC[C@@H]1OC[C@H]2CCN(C(=O)c3cccnc3)C[C@H]21. The smallest absolute Gasteiger partial charge is 0.255 e. The van der Waals surface area contributed by atoms with Crippen molar-refractivity contribution in [3.05, 3.63) is 30.1 Å². The minimum atomic E-state index is -3.24. The van der Waals surface area contributed by atoms with E-state index in [4.69, 9.17) is 4.74 Å². The summed E-state index contributed by atoms with van der Waals surface area (Å²) in [6.07, 6.45) is 5.05. The number of carbonyl (C=O) groups excluding carboxylic acids is 1. The first kappa shape index (κ1) is 16.4. The van der Waals surface area contributed by atoms with Crippen LogP contribution in [0.4, 0.5) is 0 Å². The average molecular weight is 339 g/mol. The van der Waals surface area contributed by atoms with Gasteiger partial charge in [-0.15, -0.1) is 0 Å². The van der Waals surface area contributed by atoms with Crippen molar-refractivity contribution in [3.8, 4) is 0 Å². The molecule has 3 heterocycles. The summed E-state index contributed by atoms with van der Waals surface area (Å²) in [5.74, 6) is 0.524. The van der Waals surface area contributed by atoms with Crippen LogP contribution in [-0.2, 0) is 14.8 Å². The van der Waals surface area contributed by atoms with E-state index in [0.29, 0.717) is 31.2 Å². The van der Waals surface area contributed by atoms with Crippen LogP contribution in [0.15, 0.2) is 24.5 Å². The highest BCUT2D eigenvalue weighted by atomic mass is 32.2. The third kappa shape index (κ3) is 3.88. The first-order chi connectivity index (χ1) is 10.9. The van der Waals surface area contributed by atoms with E-state index in [1.807, 2.05) is 4.90 Å². The summed E-state index contributed by atoms with van der Waals surface area (Å²) in [5.41, 5.74) is 0.579. The maximum absolute atomic E-state index is 12.5. The molecule has 7 nitrogen and oxygen atoms in total. The Hall–Kier alpha value is -1.51. The summed E-state index contributed by atoms with van der Waals surface area (Å²) in [4.78, 5) is 18.4. The zero-order valence-electron chi connectivity index (χ0n) is 13.0. The lowest BCUT2D eigenvalue weighted by atomic mass is 9.84. The second kappa shape index (κ2) is 6.54. The lowest BCUT2D eigenvalue weighted by molar-refractivity contribution is 0.0562. The van der Waals surface area contributed by atoms with E-state index in [1.165, 1.54) is 0 Å². The number of rotatable bonds is 4. The Kier molecular flexibility index (Phi) is 4.65. The van der Waals surface area contributed by atoms with Crippen LogP contribution in [0.3, 0.4) is 0 Å². The standard InChI is InChI=1S/C15H21N3O4S/c1-23(20,21)17-8-14-13-9-18(6-4-12(13)10-22-14)15(19)11-3-2-5-16-7-11/h2-3,5,7,12-14,17H,4,6,8-10H2,1H3/t12-,13-,14+/m1/s1. The fraction of sp³-hybridized carbons (Fsp3) is 0.600. The molecule has 1 aromatic rings. The van der Waals surface area contributed by atoms with Crippen molar-refractivity contribution in [2.75, 3.05) is 32.5 Å². The number of piperidine rings is 1. The van der Waals surface area contributed by atoms with Gasteiger partial charge in [-0.25, -0.2) is 13.1 Å². The molecule has 0 spiro atoms. The predicted octanol–water partition coefficient (Wildman–Crippen LogP) is 0.108. The molecular weight excluding hydrogens is 318 g/mol. The largest absolute Gasteiger partial charge is 0.376 e. The molecule has 0 aliphatic carbocycles. The number of fused-ring (bicyclic) bond motifs is 1. The van der Waals surface area contributed by atoms with Crippen LogP contribution in [0.2, 0.25) is 0 Å². The summed E-state index contributed by atoms with van der Waals surface area (Å²) in [6.45, 7) is 2.18. The summed E-state index contributed by atoms with van der Waals surface area (Å²) in [7, 11) is -3.24. The molecule has 1 N–H and O–H groups in total. The van der Waals surface area contributed by atoms with Gasteiger partial charge in [0.1, 0.15) is 0 Å². The molecule has 1 amide bonds. The van der Waals surface area contributed by atoms with Crippen molar-refractivity contribution >= 4 is 15.9 Å². The van der Waals surface area contributed by atoms with E-state index in [2.05, 4.69) is 9.71 Å². The Morgan fingerprint density at radius 2 is 2.35 bits per heavy atom. The van der Waals surface area contributed by atoms with Crippen LogP contribution in [0.5, 0.6) is 0 Å². The van der Waals surface area contributed by atoms with Gasteiger partial charge in [0.2, 0.25) is 10.0 Å². The van der Waals surface area contributed by atoms with Crippen LogP contribution in [-0.4, -0.2) is 62.8 Å². The molecule has 0 bridgehead atoms. The molecule has 2 fully saturated rings. The zero-order valence-corrected chi connectivity index (χ0v) is 13.8. The van der Waals surface area contributed by atoms with Gasteiger partial charge in [-0.3, -0.25) is 9.78 Å². The van der Waals surface area contributed by atoms with Gasteiger partial charge >= 0.3 is 0 Å². The molecular formula is C15H21N3O4S. The minimum Gasteiger partial charge on any atom is -0.376 e. The number of hydrogen-bond donors (Lipinski definition) is 1. The molecule has 126 valence electrons. The van der Waals surface area contributed by atoms with E-state index in [-0.39, 0.29) is 24.5 Å². The first-order valence-corrected chi connectivity index (χ1v) is 9.59. The van der Waals surface area contributed by atoms with Crippen molar-refractivity contribution in [3.63, 3.8) is 0 Å². The van der Waals surface area contributed by atoms with Crippen LogP contribution < -0.4 is 4.72 Å². The van der Waals surface area contributed by atoms with Gasteiger partial charge in [0.15, 0.2) is 0 Å². The molecule has 3 rings (SSSR count). The Labute approximate surface area is 136 Å². The Morgan fingerprint density at radius 1 is 1.52 bits per heavy atom. The highest BCUT2D eigenvalue weighted by molar-refractivity contribution is 7.88. The summed E-state index contributed by atoms with van der Waals surface area (Å²) in [6, 6.07) is 3.51. The van der Waals surface area contributed by atoms with E-state index in [0.717, 1.165) is 12.7 Å². The van der Waals surface area contributed by atoms with Gasteiger partial charge in [0, 0.05) is 37.9 Å². The van der Waals surface area contributed by atoms with E-state index in [1.54, 1.807) is 24.5 Å². The fourth-order valence-corrected chi connectivity index (χ4v) is 3.80. The van der Waals surface area contributed by atoms with Gasteiger partial charge in [0.05, 0.1) is 24.5 Å². The lowest BCUT2D eigenvalue weighted by Gasteiger charge is -2.36. The topological polar surface area (TPSA) is 88.6 Å². The van der Waals surface area contributed by atoms with Crippen molar-refractivity contribution in [1.82, 2.24) is 14.6 Å². The van der Waals surface area contributed by atoms with Gasteiger partial charge in [-0.2, -0.15) is 0 Å². The molecule has 23 heavy (non-hydrogen) atoms. The first-order valence-electron chi connectivity index (χ1n) is 7.69. The van der Waals surface area contributed by atoms with Crippen molar-refractivity contribution < 1.29 is 17.9 Å². The molecule has 3 atom stereocenters. The van der Waals surface area contributed by atoms with E-state index >= 15 is 0 Å². The second-order valence-corrected chi connectivity index (χ2v) is 8.03. The third-order valence-electron chi connectivity index (χ3n) is 4.55. The Balaban J connectivity index is 1.66. The van der Waals surface area contributed by atoms with Crippen LogP contribution in [0.1, 0.15) is 16.8 Å². The number of ether oxygens (including phenoxy) is 1. The maximum Gasteiger partial charge on any atom is 0.255 e. The van der Waals surface area contributed by atoms with Crippen molar-refractivity contribution in [1.29, 1.82) is 0 Å². The Bertz CT molecular complexity index is 665. The van der Waals surface area contributed by atoms with E-state index in [9.17, 15) is 13.2 Å². The quantitative estimate of drug-likeness (QED) is 0.841. The number of likely N-dealkylation sites (tertiary alicyclic amines) is 1. The minimum absolute atomic E-state index is 0.0294. The van der Waals surface area contributed by atoms with Gasteiger partial charge < -0.3 is 9.64 Å². The number of hydrogen-bond acceptors (Lipinski definition) is 5. The molecule has 0 saturated carbocycles. The molecule has 0 aromatic carbocycles. The lowest BCUT2D eigenvalue weighted by Crippen LogP contribution is -2.47. The van der Waals surface area contributed by atoms with Crippen molar-refractivity contribution in [2.45, 2.75) is 12.5 Å². The molecule has 0 radical (unpaired) electrons. The summed E-state index contributed by atoms with van der Waals surface area (Å²) < 4.78 is 30.8. The highest BCUT2D eigenvalue weighted by Gasteiger charge is 2.42. The molecule has 2 aliphatic rings. The van der Waals surface area contributed by atoms with Crippen LogP contribution in [0, 0.1) is 11.8 Å². The third-order valence-corrected chi connectivity index (χ3v) is 5.24. The number of aromatic nitrogens is 1. The van der Waals surface area contributed by atoms with Gasteiger partial charge in [-0.05, 0) is 24.5 Å². The molecule has 1 aromatic heterocycles. The normalized spacial score (nSPS) is 27.7. The number of pyridine rings is 1. The molecule has 0 unspecified atom stereocenters. The number of amides is 1. The van der Waals surface area contributed by atoms with Crippen molar-refractivity contribution in [2.24, 2.45) is 11.8 Å². The monoisotopic (exact) mass is 339 g/mol. The van der Waals surface area contributed by atoms with Gasteiger partial charge in [0.25, 0.3) is 5.91 Å². The molecule has 8 heteroatoms. The van der Waals surface area contributed by atoms with E-state index < -0.39 is 10.0 Å². The maximum atomic E-state index is 12.5. The van der Waals surface area contributed by atoms with Gasteiger partial charge in [-0.1, -0.05) is 0 Å². The van der Waals surface area contributed by atoms with Crippen LogP contribution >= 0.6 is 0 Å². The molecule has 2 aliphatic heterocycles. The summed E-state index contributed by atoms with van der Waals surface area (Å²) >= 11 is 0. The average Bonchev–Trinajstić information content (AvgIpc) is 2.94.